The molecule has 4 heteroatoms. The van der Waals surface area contributed by atoms with Gasteiger partial charge in [-0.25, -0.2) is 0 Å². The molecule has 1 saturated heterocycles. The Morgan fingerprint density at radius 2 is 1.86 bits per heavy atom. The molecule has 2 heterocycles. The Morgan fingerprint density at radius 1 is 1.14 bits per heavy atom. The van der Waals surface area contributed by atoms with Crippen LogP contribution in [-0.4, -0.2) is 40.4 Å². The molecule has 0 amide bonds. The molecule has 3 rings (SSSR count). The quantitative estimate of drug-likeness (QED) is 0.898. The van der Waals surface area contributed by atoms with Crippen LogP contribution in [0.25, 0.3) is 0 Å². The standard InChI is InChI=1S/C17H27NO2S/c19-13-17(20)8-10-18(11-9-17)12-15-6-7-16(21-15)14-4-2-1-3-5-14/h6-7,14,19-20H,1-5,8-13H2. The molecule has 118 valence electrons. The highest BCUT2D eigenvalue weighted by molar-refractivity contribution is 7.12. The zero-order valence-electron chi connectivity index (χ0n) is 12.8. The summed E-state index contributed by atoms with van der Waals surface area (Å²) in [7, 11) is 0. The fourth-order valence-electron chi connectivity index (χ4n) is 3.59. The summed E-state index contributed by atoms with van der Waals surface area (Å²) < 4.78 is 0. The van der Waals surface area contributed by atoms with E-state index in [0.29, 0.717) is 12.8 Å². The molecule has 0 aromatic carbocycles. The maximum atomic E-state index is 10.1. The predicted octanol–water partition coefficient (Wildman–Crippen LogP) is 3.12. The summed E-state index contributed by atoms with van der Waals surface area (Å²) in [6, 6.07) is 4.63. The highest BCUT2D eigenvalue weighted by atomic mass is 32.1. The molecule has 1 aromatic heterocycles. The molecule has 2 fully saturated rings. The summed E-state index contributed by atoms with van der Waals surface area (Å²) in [5.74, 6) is 0.804. The Kier molecular flexibility index (Phi) is 4.99. The van der Waals surface area contributed by atoms with Gasteiger partial charge in [0.1, 0.15) is 0 Å². The number of aliphatic hydroxyl groups is 2. The zero-order valence-corrected chi connectivity index (χ0v) is 13.6. The fraction of sp³-hybridized carbons (Fsp3) is 0.765. The molecule has 1 aliphatic carbocycles. The van der Waals surface area contributed by atoms with Crippen molar-refractivity contribution in [1.29, 1.82) is 0 Å². The molecule has 21 heavy (non-hydrogen) atoms. The lowest BCUT2D eigenvalue weighted by Gasteiger charge is -2.36. The van der Waals surface area contributed by atoms with Crippen LogP contribution in [0, 0.1) is 0 Å². The van der Waals surface area contributed by atoms with Crippen LogP contribution < -0.4 is 0 Å². The van der Waals surface area contributed by atoms with Gasteiger partial charge in [-0.3, -0.25) is 4.90 Å². The van der Waals surface area contributed by atoms with Gasteiger partial charge in [-0.05, 0) is 43.7 Å². The van der Waals surface area contributed by atoms with E-state index >= 15 is 0 Å². The van der Waals surface area contributed by atoms with Crippen LogP contribution in [0.5, 0.6) is 0 Å². The first-order chi connectivity index (χ1) is 10.2. The Bertz CT molecular complexity index is 445. The third-order valence-corrected chi connectivity index (χ3v) is 6.38. The number of likely N-dealkylation sites (tertiary alicyclic amines) is 1. The van der Waals surface area contributed by atoms with Crippen LogP contribution in [0.15, 0.2) is 12.1 Å². The lowest BCUT2D eigenvalue weighted by molar-refractivity contribution is -0.0605. The smallest absolute Gasteiger partial charge is 0.0901 e. The maximum Gasteiger partial charge on any atom is 0.0901 e. The summed E-state index contributed by atoms with van der Waals surface area (Å²) in [5.41, 5.74) is -0.834. The van der Waals surface area contributed by atoms with Gasteiger partial charge >= 0.3 is 0 Å². The molecule has 2 aliphatic rings. The number of nitrogens with zero attached hydrogens (tertiary/aromatic N) is 1. The lowest BCUT2D eigenvalue weighted by Crippen LogP contribution is -2.46. The molecule has 2 N–H and O–H groups in total. The van der Waals surface area contributed by atoms with Gasteiger partial charge in [-0.1, -0.05) is 19.3 Å². The van der Waals surface area contributed by atoms with Gasteiger partial charge in [0.15, 0.2) is 0 Å². The Labute approximate surface area is 131 Å². The number of aliphatic hydroxyl groups excluding tert-OH is 1. The van der Waals surface area contributed by atoms with Crippen LogP contribution in [0.4, 0.5) is 0 Å². The third-order valence-electron chi connectivity index (χ3n) is 5.15. The van der Waals surface area contributed by atoms with E-state index in [1.807, 2.05) is 11.3 Å². The van der Waals surface area contributed by atoms with Gasteiger partial charge in [-0.2, -0.15) is 0 Å². The van der Waals surface area contributed by atoms with Crippen molar-refractivity contribution in [3.05, 3.63) is 21.9 Å². The van der Waals surface area contributed by atoms with E-state index < -0.39 is 5.60 Å². The van der Waals surface area contributed by atoms with Crippen molar-refractivity contribution < 1.29 is 10.2 Å². The molecule has 0 spiro atoms. The minimum absolute atomic E-state index is 0.105. The summed E-state index contributed by atoms with van der Waals surface area (Å²) >= 11 is 1.99. The molecule has 0 atom stereocenters. The van der Waals surface area contributed by atoms with Gasteiger partial charge in [0.2, 0.25) is 0 Å². The van der Waals surface area contributed by atoms with Crippen LogP contribution in [0.2, 0.25) is 0 Å². The van der Waals surface area contributed by atoms with E-state index in [0.717, 1.165) is 25.6 Å². The van der Waals surface area contributed by atoms with Crippen molar-refractivity contribution in [2.75, 3.05) is 19.7 Å². The van der Waals surface area contributed by atoms with Crippen molar-refractivity contribution in [1.82, 2.24) is 4.90 Å². The summed E-state index contributed by atoms with van der Waals surface area (Å²) in [6.07, 6.45) is 8.30. The molecular formula is C17H27NO2S. The van der Waals surface area contributed by atoms with Crippen molar-refractivity contribution in [2.45, 2.75) is 63.0 Å². The zero-order chi connectivity index (χ0) is 14.7. The second kappa shape index (κ2) is 6.78. The van der Waals surface area contributed by atoms with Crippen molar-refractivity contribution in [2.24, 2.45) is 0 Å². The second-order valence-corrected chi connectivity index (χ2v) is 8.00. The number of hydrogen-bond acceptors (Lipinski definition) is 4. The topological polar surface area (TPSA) is 43.7 Å². The maximum absolute atomic E-state index is 10.1. The first kappa shape index (κ1) is 15.5. The Balaban J connectivity index is 1.53. The Hall–Kier alpha value is -0.420. The number of hydrogen-bond donors (Lipinski definition) is 2. The van der Waals surface area contributed by atoms with E-state index in [4.69, 9.17) is 0 Å². The first-order valence-corrected chi connectivity index (χ1v) is 9.14. The van der Waals surface area contributed by atoms with Gasteiger partial charge < -0.3 is 10.2 Å². The number of piperidine rings is 1. The van der Waals surface area contributed by atoms with Crippen LogP contribution in [0.1, 0.15) is 60.6 Å². The normalized spacial score (nSPS) is 24.3. The van der Waals surface area contributed by atoms with E-state index in [-0.39, 0.29) is 6.61 Å². The predicted molar refractivity (Wildman–Crippen MR) is 86.7 cm³/mol. The third kappa shape index (κ3) is 3.86. The van der Waals surface area contributed by atoms with E-state index in [1.165, 1.54) is 37.0 Å². The van der Waals surface area contributed by atoms with Crippen molar-refractivity contribution in [3.63, 3.8) is 0 Å². The molecule has 0 bridgehead atoms. The molecule has 0 unspecified atom stereocenters. The largest absolute Gasteiger partial charge is 0.393 e. The molecule has 1 aliphatic heterocycles. The molecular weight excluding hydrogens is 282 g/mol. The van der Waals surface area contributed by atoms with Gasteiger partial charge in [0.05, 0.1) is 12.2 Å². The van der Waals surface area contributed by atoms with E-state index in [1.54, 1.807) is 4.88 Å². The molecule has 1 saturated carbocycles. The average Bonchev–Trinajstić information content (AvgIpc) is 2.99. The van der Waals surface area contributed by atoms with Crippen molar-refractivity contribution in [3.8, 4) is 0 Å². The van der Waals surface area contributed by atoms with Crippen LogP contribution in [0.3, 0.4) is 0 Å². The monoisotopic (exact) mass is 309 g/mol. The number of thiophene rings is 1. The van der Waals surface area contributed by atoms with Crippen molar-refractivity contribution >= 4 is 11.3 Å². The lowest BCUT2D eigenvalue weighted by atomic mass is 9.88. The molecule has 0 radical (unpaired) electrons. The SMILES string of the molecule is OCC1(O)CCN(Cc2ccc(C3CCCCC3)s2)CC1. The Morgan fingerprint density at radius 3 is 2.52 bits per heavy atom. The first-order valence-electron chi connectivity index (χ1n) is 8.33. The summed E-state index contributed by atoms with van der Waals surface area (Å²) in [6.45, 7) is 2.66. The highest BCUT2D eigenvalue weighted by Crippen LogP contribution is 2.36. The highest BCUT2D eigenvalue weighted by Gasteiger charge is 2.31. The minimum Gasteiger partial charge on any atom is -0.393 e. The molecule has 1 aromatic rings. The van der Waals surface area contributed by atoms with Gasteiger partial charge in [-0.15, -0.1) is 11.3 Å². The second-order valence-electron chi connectivity index (χ2n) is 6.80. The summed E-state index contributed by atoms with van der Waals surface area (Å²) in [5, 5.41) is 19.3. The average molecular weight is 309 g/mol. The van der Waals surface area contributed by atoms with E-state index in [2.05, 4.69) is 17.0 Å². The fourth-order valence-corrected chi connectivity index (χ4v) is 4.82. The van der Waals surface area contributed by atoms with Gasteiger partial charge in [0, 0.05) is 29.4 Å². The van der Waals surface area contributed by atoms with Crippen LogP contribution in [-0.2, 0) is 6.54 Å². The minimum atomic E-state index is -0.834. The van der Waals surface area contributed by atoms with Gasteiger partial charge in [0.25, 0.3) is 0 Å². The number of rotatable bonds is 4. The summed E-state index contributed by atoms with van der Waals surface area (Å²) in [4.78, 5) is 5.43. The van der Waals surface area contributed by atoms with Crippen LogP contribution >= 0.6 is 11.3 Å². The molecule has 3 nitrogen and oxygen atoms in total. The van der Waals surface area contributed by atoms with E-state index in [9.17, 15) is 10.2 Å².